The van der Waals surface area contributed by atoms with E-state index in [1.54, 1.807) is 18.2 Å². The Bertz CT molecular complexity index is 971. The van der Waals surface area contributed by atoms with Gasteiger partial charge in [0.25, 0.3) is 0 Å². The van der Waals surface area contributed by atoms with E-state index in [1.807, 2.05) is 12.1 Å². The molecule has 0 saturated carbocycles. The molecule has 118 valence electrons. The molecule has 0 unspecified atom stereocenters. The third-order valence-electron chi connectivity index (χ3n) is 3.32. The summed E-state index contributed by atoms with van der Waals surface area (Å²) in [6.45, 7) is 0. The number of furan rings is 1. The van der Waals surface area contributed by atoms with Crippen LogP contribution in [0.4, 0.5) is 17.6 Å². The lowest BCUT2D eigenvalue weighted by Crippen LogP contribution is -2.23. The van der Waals surface area contributed by atoms with Crippen LogP contribution in [0, 0.1) is 0 Å². The van der Waals surface area contributed by atoms with Crippen LogP contribution in [0.3, 0.4) is 0 Å². The number of alkyl halides is 4. The Hall–Kier alpha value is -2.42. The second-order valence-electron chi connectivity index (χ2n) is 4.82. The minimum atomic E-state index is -4.31. The molecular formula is C14H7F4N3OS. The number of hydrogen-bond acceptors (Lipinski definition) is 4. The van der Waals surface area contributed by atoms with Crippen molar-refractivity contribution < 1.29 is 22.0 Å². The number of halogens is 4. The van der Waals surface area contributed by atoms with Crippen molar-refractivity contribution in [2.75, 3.05) is 0 Å². The fraction of sp³-hybridized carbons (Fsp3) is 0.143. The van der Waals surface area contributed by atoms with Crippen LogP contribution in [0.15, 0.2) is 40.9 Å². The van der Waals surface area contributed by atoms with Crippen molar-refractivity contribution >= 4 is 27.3 Å². The Morgan fingerprint density at radius 3 is 2.74 bits per heavy atom. The van der Waals surface area contributed by atoms with E-state index in [-0.39, 0.29) is 4.96 Å². The number of para-hydroxylation sites is 1. The standard InChI is InChI=1S/C14H7F4N3OS/c15-11(16)14(17,18)12-20-21-8(6-19-13(21)23-12)10-5-7-3-1-2-4-9(7)22-10/h1-6,11H. The Morgan fingerprint density at radius 1 is 1.22 bits per heavy atom. The van der Waals surface area contributed by atoms with Gasteiger partial charge in [-0.1, -0.05) is 29.5 Å². The molecule has 0 atom stereocenters. The first-order chi connectivity index (χ1) is 11.0. The molecule has 0 spiro atoms. The molecule has 0 fully saturated rings. The molecule has 4 nitrogen and oxygen atoms in total. The maximum Gasteiger partial charge on any atom is 0.359 e. The summed E-state index contributed by atoms with van der Waals surface area (Å²) in [5.74, 6) is -3.94. The summed E-state index contributed by atoms with van der Waals surface area (Å²) >= 11 is 0.424. The van der Waals surface area contributed by atoms with Crippen molar-refractivity contribution in [1.82, 2.24) is 14.6 Å². The zero-order valence-electron chi connectivity index (χ0n) is 11.2. The quantitative estimate of drug-likeness (QED) is 0.513. The Kier molecular flexibility index (Phi) is 2.95. The Balaban J connectivity index is 1.86. The van der Waals surface area contributed by atoms with Crippen LogP contribution in [0.1, 0.15) is 5.01 Å². The topological polar surface area (TPSA) is 43.3 Å². The fourth-order valence-corrected chi connectivity index (χ4v) is 3.05. The highest BCUT2D eigenvalue weighted by molar-refractivity contribution is 7.16. The first kappa shape index (κ1) is 14.2. The molecular weight excluding hydrogens is 334 g/mol. The molecule has 4 rings (SSSR count). The number of aromatic nitrogens is 3. The highest BCUT2D eigenvalue weighted by Gasteiger charge is 2.46. The fourth-order valence-electron chi connectivity index (χ4n) is 2.20. The zero-order chi connectivity index (χ0) is 16.2. The van der Waals surface area contributed by atoms with Crippen molar-refractivity contribution in [1.29, 1.82) is 0 Å². The van der Waals surface area contributed by atoms with Gasteiger partial charge >= 0.3 is 12.3 Å². The van der Waals surface area contributed by atoms with Crippen molar-refractivity contribution in [2.45, 2.75) is 12.3 Å². The molecule has 0 aliphatic rings. The molecule has 9 heteroatoms. The van der Waals surface area contributed by atoms with Crippen LogP contribution in [0.2, 0.25) is 0 Å². The van der Waals surface area contributed by atoms with Crippen LogP contribution in [0.5, 0.6) is 0 Å². The van der Waals surface area contributed by atoms with Crippen LogP contribution in [0.25, 0.3) is 27.4 Å². The molecule has 0 aliphatic carbocycles. The van der Waals surface area contributed by atoms with E-state index in [2.05, 4.69) is 10.1 Å². The van der Waals surface area contributed by atoms with Gasteiger partial charge in [-0.15, -0.1) is 0 Å². The highest BCUT2D eigenvalue weighted by Crippen LogP contribution is 2.38. The van der Waals surface area contributed by atoms with Gasteiger partial charge in [0.1, 0.15) is 11.3 Å². The summed E-state index contributed by atoms with van der Waals surface area (Å²) in [7, 11) is 0. The third-order valence-corrected chi connectivity index (χ3v) is 4.33. The smallest absolute Gasteiger partial charge is 0.359 e. The van der Waals surface area contributed by atoms with Crippen molar-refractivity contribution in [3.8, 4) is 11.5 Å². The SMILES string of the molecule is FC(F)C(F)(F)c1nn2c(-c3cc4ccccc4o3)cnc2s1. The van der Waals surface area contributed by atoms with Gasteiger partial charge < -0.3 is 4.42 Å². The van der Waals surface area contributed by atoms with E-state index in [1.165, 1.54) is 6.20 Å². The molecule has 0 aliphatic heterocycles. The summed E-state index contributed by atoms with van der Waals surface area (Å²) in [6, 6.07) is 8.93. The average molecular weight is 341 g/mol. The number of imidazole rings is 1. The van der Waals surface area contributed by atoms with Gasteiger partial charge in [0.15, 0.2) is 10.8 Å². The van der Waals surface area contributed by atoms with Gasteiger partial charge in [0.2, 0.25) is 4.96 Å². The van der Waals surface area contributed by atoms with E-state index in [9.17, 15) is 17.6 Å². The van der Waals surface area contributed by atoms with Crippen LogP contribution in [-0.2, 0) is 5.92 Å². The molecule has 23 heavy (non-hydrogen) atoms. The van der Waals surface area contributed by atoms with E-state index >= 15 is 0 Å². The number of hydrogen-bond donors (Lipinski definition) is 0. The van der Waals surface area contributed by atoms with Crippen molar-refractivity contribution in [3.63, 3.8) is 0 Å². The third kappa shape index (κ3) is 2.11. The number of benzene rings is 1. The lowest BCUT2D eigenvalue weighted by atomic mass is 10.2. The van der Waals surface area contributed by atoms with Gasteiger partial charge in [-0.3, -0.25) is 0 Å². The number of fused-ring (bicyclic) bond motifs is 2. The molecule has 3 heterocycles. The second-order valence-corrected chi connectivity index (χ2v) is 5.77. The molecule has 0 bridgehead atoms. The van der Waals surface area contributed by atoms with Gasteiger partial charge in [0, 0.05) is 5.39 Å². The van der Waals surface area contributed by atoms with Gasteiger partial charge in [-0.25, -0.2) is 13.8 Å². The minimum absolute atomic E-state index is 0.0933. The Morgan fingerprint density at radius 2 is 2.00 bits per heavy atom. The lowest BCUT2D eigenvalue weighted by molar-refractivity contribution is -0.135. The first-order valence-corrected chi connectivity index (χ1v) is 7.28. The molecule has 0 radical (unpaired) electrons. The van der Waals surface area contributed by atoms with Crippen LogP contribution in [-0.4, -0.2) is 21.0 Å². The van der Waals surface area contributed by atoms with E-state index < -0.39 is 17.4 Å². The lowest BCUT2D eigenvalue weighted by Gasteiger charge is -2.10. The molecule has 0 N–H and O–H groups in total. The predicted molar refractivity (Wildman–Crippen MR) is 76.0 cm³/mol. The van der Waals surface area contributed by atoms with Crippen LogP contribution < -0.4 is 0 Å². The largest absolute Gasteiger partial charge is 0.454 e. The van der Waals surface area contributed by atoms with E-state index in [4.69, 9.17) is 4.42 Å². The van der Waals surface area contributed by atoms with Crippen molar-refractivity contribution in [3.05, 3.63) is 41.5 Å². The molecule has 1 aromatic carbocycles. The number of nitrogens with zero attached hydrogens (tertiary/aromatic N) is 3. The monoisotopic (exact) mass is 341 g/mol. The summed E-state index contributed by atoms with van der Waals surface area (Å²) < 4.78 is 58.5. The molecule has 3 aromatic heterocycles. The molecule has 0 saturated heterocycles. The Labute approximate surface area is 130 Å². The van der Waals surface area contributed by atoms with Gasteiger partial charge in [-0.2, -0.15) is 18.4 Å². The summed E-state index contributed by atoms with van der Waals surface area (Å²) in [6.07, 6.45) is -2.42. The molecule has 4 aromatic rings. The average Bonchev–Trinajstić information content (AvgIpc) is 3.19. The maximum absolute atomic E-state index is 13.4. The maximum atomic E-state index is 13.4. The normalized spacial score (nSPS) is 12.7. The van der Waals surface area contributed by atoms with E-state index in [0.717, 1.165) is 9.90 Å². The van der Waals surface area contributed by atoms with Gasteiger partial charge in [-0.05, 0) is 12.1 Å². The summed E-state index contributed by atoms with van der Waals surface area (Å²) in [4.78, 5) is 4.03. The summed E-state index contributed by atoms with van der Waals surface area (Å²) in [5, 5.41) is 3.44. The van der Waals surface area contributed by atoms with Crippen LogP contribution >= 0.6 is 11.3 Å². The van der Waals surface area contributed by atoms with Crippen molar-refractivity contribution in [2.24, 2.45) is 0 Å². The highest BCUT2D eigenvalue weighted by atomic mass is 32.1. The van der Waals surface area contributed by atoms with E-state index in [0.29, 0.717) is 28.4 Å². The summed E-state index contributed by atoms with van der Waals surface area (Å²) in [5.41, 5.74) is 0.939. The van der Waals surface area contributed by atoms with Gasteiger partial charge in [0.05, 0.1) is 6.20 Å². The first-order valence-electron chi connectivity index (χ1n) is 6.47. The minimum Gasteiger partial charge on any atom is -0.454 e. The second kappa shape index (κ2) is 4.79. The number of rotatable bonds is 3. The zero-order valence-corrected chi connectivity index (χ0v) is 12.0. The predicted octanol–water partition coefficient (Wildman–Crippen LogP) is 4.56. The molecule has 0 amide bonds.